The van der Waals surface area contributed by atoms with Crippen molar-refractivity contribution in [1.29, 1.82) is 0 Å². The van der Waals surface area contributed by atoms with Crippen molar-refractivity contribution in [2.75, 3.05) is 0 Å². The number of nitro groups is 1. The van der Waals surface area contributed by atoms with Crippen LogP contribution in [0.25, 0.3) is 17.5 Å². The smallest absolute Gasteiger partial charge is 0.331 e. The van der Waals surface area contributed by atoms with Gasteiger partial charge >= 0.3 is 5.97 Å². The van der Waals surface area contributed by atoms with Crippen molar-refractivity contribution in [3.63, 3.8) is 0 Å². The van der Waals surface area contributed by atoms with Crippen LogP contribution in [0.4, 0.5) is 5.69 Å². The number of nitrogens with zero attached hydrogens (tertiary/aromatic N) is 3. The summed E-state index contributed by atoms with van der Waals surface area (Å²) in [6.45, 7) is 1.61. The Labute approximate surface area is 151 Å². The van der Waals surface area contributed by atoms with Gasteiger partial charge in [0.1, 0.15) is 0 Å². The highest BCUT2D eigenvalue weighted by Crippen LogP contribution is 2.24. The summed E-state index contributed by atoms with van der Waals surface area (Å²) in [4.78, 5) is 22.0. The molecule has 0 radical (unpaired) electrons. The van der Waals surface area contributed by atoms with E-state index in [-0.39, 0.29) is 17.5 Å². The van der Waals surface area contributed by atoms with Crippen molar-refractivity contribution < 1.29 is 18.9 Å². The molecule has 0 saturated heterocycles. The number of aromatic nitrogens is 2. The molecule has 2 aromatic heterocycles. The molecule has 1 atom stereocenters. The molecule has 3 aromatic rings. The summed E-state index contributed by atoms with van der Waals surface area (Å²) >= 11 is 1.53. The number of esters is 1. The molecule has 0 saturated carbocycles. The highest BCUT2D eigenvalue weighted by Gasteiger charge is 2.18. The zero-order valence-corrected chi connectivity index (χ0v) is 14.4. The Morgan fingerprint density at radius 1 is 1.31 bits per heavy atom. The van der Waals surface area contributed by atoms with E-state index < -0.39 is 17.0 Å². The molecule has 0 aliphatic heterocycles. The number of hydrogen-bond acceptors (Lipinski definition) is 8. The number of nitro benzene ring substituents is 1. The second-order valence-electron chi connectivity index (χ2n) is 5.22. The third-order valence-corrected chi connectivity index (χ3v) is 4.06. The van der Waals surface area contributed by atoms with Gasteiger partial charge in [0.15, 0.2) is 6.10 Å². The fourth-order valence-corrected chi connectivity index (χ4v) is 2.67. The molecular weight excluding hydrogens is 358 g/mol. The van der Waals surface area contributed by atoms with Gasteiger partial charge < -0.3 is 9.15 Å². The topological polar surface area (TPSA) is 108 Å². The van der Waals surface area contributed by atoms with Crippen molar-refractivity contribution >= 4 is 29.1 Å². The normalized spacial score (nSPS) is 12.2. The molecule has 0 N–H and O–H groups in total. The highest BCUT2D eigenvalue weighted by molar-refractivity contribution is 7.08. The van der Waals surface area contributed by atoms with Gasteiger partial charge in [-0.25, -0.2) is 4.79 Å². The van der Waals surface area contributed by atoms with E-state index in [1.807, 2.05) is 16.8 Å². The molecule has 0 amide bonds. The monoisotopic (exact) mass is 371 g/mol. The fraction of sp³-hybridized carbons (Fsp3) is 0.118. The predicted octanol–water partition coefficient (Wildman–Crippen LogP) is 4.02. The first-order chi connectivity index (χ1) is 12.5. The van der Waals surface area contributed by atoms with Crippen molar-refractivity contribution in [3.8, 4) is 11.5 Å². The van der Waals surface area contributed by atoms with Crippen LogP contribution in [0, 0.1) is 10.1 Å². The number of carbonyl (C=O) groups is 1. The first-order valence-electron chi connectivity index (χ1n) is 7.52. The van der Waals surface area contributed by atoms with Gasteiger partial charge in [-0.05, 0) is 47.5 Å². The Kier molecular flexibility index (Phi) is 5.18. The molecule has 0 fully saturated rings. The summed E-state index contributed by atoms with van der Waals surface area (Å²) < 4.78 is 10.7. The van der Waals surface area contributed by atoms with Crippen LogP contribution in [0.1, 0.15) is 24.5 Å². The van der Waals surface area contributed by atoms with E-state index in [0.717, 1.165) is 5.56 Å². The summed E-state index contributed by atoms with van der Waals surface area (Å²) in [6, 6.07) is 7.59. The Bertz CT molecular complexity index is 932. The van der Waals surface area contributed by atoms with Crippen molar-refractivity contribution in [2.24, 2.45) is 0 Å². The third-order valence-electron chi connectivity index (χ3n) is 3.36. The molecule has 0 aliphatic rings. The first kappa shape index (κ1) is 17.5. The zero-order chi connectivity index (χ0) is 18.5. The zero-order valence-electron chi connectivity index (χ0n) is 13.6. The fourth-order valence-electron chi connectivity index (χ4n) is 2.04. The number of carbonyl (C=O) groups excluding carboxylic acids is 1. The van der Waals surface area contributed by atoms with Crippen LogP contribution in [0.3, 0.4) is 0 Å². The molecule has 9 heteroatoms. The van der Waals surface area contributed by atoms with E-state index in [1.165, 1.54) is 41.7 Å². The summed E-state index contributed by atoms with van der Waals surface area (Å²) in [5.74, 6) is -0.207. The SMILES string of the molecule is C[C@@H](OC(=O)/C=C/c1ccsc1)c1nnc(-c2ccc([N+](=O)[O-])cc2)o1. The lowest BCUT2D eigenvalue weighted by Crippen LogP contribution is -2.06. The van der Waals surface area contributed by atoms with E-state index in [9.17, 15) is 14.9 Å². The lowest BCUT2D eigenvalue weighted by Gasteiger charge is -2.06. The number of non-ortho nitro benzene ring substituents is 1. The van der Waals surface area contributed by atoms with Gasteiger partial charge in [0.2, 0.25) is 5.89 Å². The van der Waals surface area contributed by atoms with Crippen LogP contribution in [-0.4, -0.2) is 21.1 Å². The standard InChI is InChI=1S/C17H13N3O5S/c1-11(24-15(21)7-2-12-8-9-26-10-12)16-18-19-17(25-16)13-3-5-14(6-4-13)20(22)23/h2-11H,1H3/b7-2+/t11-/m1/s1. The number of ether oxygens (including phenoxy) is 1. The largest absolute Gasteiger partial charge is 0.449 e. The minimum absolute atomic E-state index is 0.0341. The second-order valence-corrected chi connectivity index (χ2v) is 6.00. The molecule has 3 rings (SSSR count). The maximum Gasteiger partial charge on any atom is 0.331 e. The van der Waals surface area contributed by atoms with Crippen LogP contribution < -0.4 is 0 Å². The number of thiophene rings is 1. The van der Waals surface area contributed by atoms with Gasteiger partial charge in [0, 0.05) is 23.8 Å². The quantitative estimate of drug-likeness (QED) is 0.278. The molecule has 2 heterocycles. The van der Waals surface area contributed by atoms with Crippen LogP contribution in [-0.2, 0) is 9.53 Å². The maximum atomic E-state index is 11.8. The molecular formula is C17H13N3O5S. The maximum absolute atomic E-state index is 11.8. The minimum atomic E-state index is -0.728. The van der Waals surface area contributed by atoms with E-state index >= 15 is 0 Å². The number of benzene rings is 1. The molecule has 0 spiro atoms. The van der Waals surface area contributed by atoms with E-state index in [0.29, 0.717) is 5.56 Å². The molecule has 1 aromatic carbocycles. The third kappa shape index (κ3) is 4.19. The Morgan fingerprint density at radius 2 is 2.08 bits per heavy atom. The van der Waals surface area contributed by atoms with Gasteiger partial charge in [-0.15, -0.1) is 10.2 Å². The van der Waals surface area contributed by atoms with Crippen LogP contribution >= 0.6 is 11.3 Å². The molecule has 0 bridgehead atoms. The van der Waals surface area contributed by atoms with E-state index in [1.54, 1.807) is 13.0 Å². The molecule has 0 aliphatic carbocycles. The van der Waals surface area contributed by atoms with Crippen molar-refractivity contribution in [1.82, 2.24) is 10.2 Å². The van der Waals surface area contributed by atoms with E-state index in [2.05, 4.69) is 10.2 Å². The van der Waals surface area contributed by atoms with Crippen molar-refractivity contribution in [3.05, 3.63) is 68.7 Å². The van der Waals surface area contributed by atoms with Gasteiger partial charge in [0.05, 0.1) is 4.92 Å². The summed E-state index contributed by atoms with van der Waals surface area (Å²) in [6.07, 6.45) is 2.25. The van der Waals surface area contributed by atoms with Crippen LogP contribution in [0.15, 0.2) is 51.6 Å². The lowest BCUT2D eigenvalue weighted by molar-refractivity contribution is -0.384. The average molecular weight is 371 g/mol. The minimum Gasteiger partial charge on any atom is -0.449 e. The highest BCUT2D eigenvalue weighted by atomic mass is 32.1. The second kappa shape index (κ2) is 7.70. The van der Waals surface area contributed by atoms with Gasteiger partial charge in [0.25, 0.3) is 11.6 Å². The lowest BCUT2D eigenvalue weighted by atomic mass is 10.2. The molecule has 0 unspecified atom stereocenters. The average Bonchev–Trinajstić information content (AvgIpc) is 3.32. The molecule has 132 valence electrons. The Morgan fingerprint density at radius 3 is 2.73 bits per heavy atom. The van der Waals surface area contributed by atoms with Gasteiger partial charge in [-0.1, -0.05) is 0 Å². The summed E-state index contributed by atoms with van der Waals surface area (Å²) in [7, 11) is 0. The van der Waals surface area contributed by atoms with E-state index in [4.69, 9.17) is 9.15 Å². The van der Waals surface area contributed by atoms with Gasteiger partial charge in [-0.3, -0.25) is 10.1 Å². The Hall–Kier alpha value is -3.33. The summed E-state index contributed by atoms with van der Waals surface area (Å²) in [5.41, 5.74) is 1.41. The van der Waals surface area contributed by atoms with Crippen LogP contribution in [0.5, 0.6) is 0 Å². The van der Waals surface area contributed by atoms with Gasteiger partial charge in [-0.2, -0.15) is 11.3 Å². The number of rotatable bonds is 6. The summed E-state index contributed by atoms with van der Waals surface area (Å²) in [5, 5.41) is 22.2. The predicted molar refractivity (Wildman–Crippen MR) is 94.2 cm³/mol. The number of hydrogen-bond donors (Lipinski definition) is 0. The molecule has 26 heavy (non-hydrogen) atoms. The first-order valence-corrected chi connectivity index (χ1v) is 8.46. The molecule has 8 nitrogen and oxygen atoms in total. The Balaban J connectivity index is 1.64. The van der Waals surface area contributed by atoms with Crippen molar-refractivity contribution in [2.45, 2.75) is 13.0 Å². The van der Waals surface area contributed by atoms with Crippen LogP contribution in [0.2, 0.25) is 0 Å².